The first-order valence-corrected chi connectivity index (χ1v) is 13.6. The number of hydrogen-bond donors (Lipinski definition) is 0. The van der Waals surface area contributed by atoms with Crippen LogP contribution >= 0.6 is 0 Å². The van der Waals surface area contributed by atoms with E-state index in [9.17, 15) is 0 Å². The fourth-order valence-electron chi connectivity index (χ4n) is 5.63. The minimum Gasteiger partial charge on any atom is -0.434 e. The predicted octanol–water partition coefficient (Wildman–Crippen LogP) is 9.46. The number of benzene rings is 5. The number of aromatic nitrogens is 3. The topological polar surface area (TPSA) is 47.1 Å². The second kappa shape index (κ2) is 9.50. The van der Waals surface area contributed by atoms with Gasteiger partial charge in [-0.1, -0.05) is 54.6 Å². The number of fused-ring (bicyclic) bond motifs is 4. The second-order valence-electron chi connectivity index (χ2n) is 9.95. The molecule has 0 radical (unpaired) electrons. The Hall–Kier alpha value is -5.68. The highest BCUT2D eigenvalue weighted by Crippen LogP contribution is 2.39. The molecule has 41 heavy (non-hydrogen) atoms. The third-order valence-electron chi connectivity index (χ3n) is 7.48. The molecule has 0 N–H and O–H groups in total. The molecule has 0 spiro atoms. The third-order valence-corrected chi connectivity index (χ3v) is 7.48. The van der Waals surface area contributed by atoms with Gasteiger partial charge in [0, 0.05) is 45.3 Å². The normalized spacial score (nSPS) is 11.4. The van der Waals surface area contributed by atoms with E-state index in [1.165, 1.54) is 10.8 Å². The van der Waals surface area contributed by atoms with Crippen LogP contribution in [0.5, 0.6) is 0 Å². The molecule has 0 bridgehead atoms. The number of nitrogens with zero attached hydrogens (tertiary/aromatic N) is 4. The maximum atomic E-state index is 5.95. The summed E-state index contributed by atoms with van der Waals surface area (Å²) in [7, 11) is 0. The van der Waals surface area contributed by atoms with Crippen LogP contribution in [0.15, 0.2) is 150 Å². The van der Waals surface area contributed by atoms with Crippen LogP contribution in [-0.2, 0) is 0 Å². The van der Waals surface area contributed by atoms with Crippen molar-refractivity contribution >= 4 is 50.1 Å². The third kappa shape index (κ3) is 3.95. The van der Waals surface area contributed by atoms with E-state index in [0.717, 1.165) is 39.3 Å². The van der Waals surface area contributed by atoms with Gasteiger partial charge in [0.2, 0.25) is 5.89 Å². The Balaban J connectivity index is 1.27. The number of hydrogen-bond acceptors (Lipinski definition) is 4. The SMILES string of the molecule is c1ccc(N(c2ccccc2)c2ccc3c(c2)c2ccccc2n3-c2ccc(-c3nc4ncccc4o3)cc2)cc1. The minimum absolute atomic E-state index is 0.569. The number of rotatable bonds is 5. The molecule has 5 heteroatoms. The fraction of sp³-hybridized carbons (Fsp3) is 0. The monoisotopic (exact) mass is 528 g/mol. The summed E-state index contributed by atoms with van der Waals surface area (Å²) in [5, 5.41) is 2.41. The molecular weight excluding hydrogens is 504 g/mol. The Kier molecular flexibility index (Phi) is 5.38. The molecule has 8 aromatic rings. The van der Waals surface area contributed by atoms with Gasteiger partial charge in [-0.2, -0.15) is 4.98 Å². The van der Waals surface area contributed by atoms with Crippen LogP contribution in [0.1, 0.15) is 0 Å². The van der Waals surface area contributed by atoms with E-state index in [1.54, 1.807) is 6.20 Å². The molecule has 3 aromatic heterocycles. The summed E-state index contributed by atoms with van der Waals surface area (Å²) in [5.74, 6) is 0.569. The van der Waals surface area contributed by atoms with Crippen molar-refractivity contribution < 1.29 is 4.42 Å². The molecule has 0 atom stereocenters. The van der Waals surface area contributed by atoms with Crippen LogP contribution in [-0.4, -0.2) is 14.5 Å². The van der Waals surface area contributed by atoms with Gasteiger partial charge in [-0.15, -0.1) is 0 Å². The molecular formula is C36H24N4O. The zero-order chi connectivity index (χ0) is 27.2. The number of anilines is 3. The molecule has 8 rings (SSSR count). The summed E-state index contributed by atoms with van der Waals surface area (Å²) in [6.45, 7) is 0. The molecule has 0 aliphatic heterocycles. The summed E-state index contributed by atoms with van der Waals surface area (Å²) in [4.78, 5) is 11.2. The first-order chi connectivity index (χ1) is 20.3. The lowest BCUT2D eigenvalue weighted by atomic mass is 10.1. The lowest BCUT2D eigenvalue weighted by Crippen LogP contribution is -2.09. The first-order valence-electron chi connectivity index (χ1n) is 13.6. The van der Waals surface area contributed by atoms with Crippen LogP contribution in [0, 0.1) is 0 Å². The van der Waals surface area contributed by atoms with E-state index in [1.807, 2.05) is 12.1 Å². The van der Waals surface area contributed by atoms with Crippen LogP contribution < -0.4 is 4.90 Å². The van der Waals surface area contributed by atoms with Gasteiger partial charge in [0.25, 0.3) is 0 Å². The van der Waals surface area contributed by atoms with Crippen LogP contribution in [0.25, 0.3) is 50.2 Å². The molecule has 0 saturated carbocycles. The first kappa shape index (κ1) is 23.2. The quantitative estimate of drug-likeness (QED) is 0.223. The minimum atomic E-state index is 0.569. The molecule has 0 aliphatic carbocycles. The van der Waals surface area contributed by atoms with Gasteiger partial charge in [0.05, 0.1) is 11.0 Å². The summed E-state index contributed by atoms with van der Waals surface area (Å²) in [6, 6.07) is 48.4. The van der Waals surface area contributed by atoms with Gasteiger partial charge < -0.3 is 13.9 Å². The molecule has 0 fully saturated rings. The van der Waals surface area contributed by atoms with Crippen molar-refractivity contribution in [2.45, 2.75) is 0 Å². The molecule has 5 nitrogen and oxygen atoms in total. The van der Waals surface area contributed by atoms with Gasteiger partial charge >= 0.3 is 0 Å². The Morgan fingerprint density at radius 1 is 0.561 bits per heavy atom. The van der Waals surface area contributed by atoms with Crippen molar-refractivity contribution in [2.24, 2.45) is 0 Å². The van der Waals surface area contributed by atoms with Gasteiger partial charge in [0.15, 0.2) is 11.2 Å². The van der Waals surface area contributed by atoms with Crippen molar-refractivity contribution in [1.29, 1.82) is 0 Å². The largest absolute Gasteiger partial charge is 0.434 e. The van der Waals surface area contributed by atoms with E-state index >= 15 is 0 Å². The molecule has 0 amide bonds. The van der Waals surface area contributed by atoms with E-state index in [2.05, 4.69) is 147 Å². The maximum absolute atomic E-state index is 5.95. The molecule has 194 valence electrons. The highest BCUT2D eigenvalue weighted by atomic mass is 16.3. The Labute approximate surface area is 236 Å². The Morgan fingerprint density at radius 2 is 1.24 bits per heavy atom. The fourth-order valence-corrected chi connectivity index (χ4v) is 5.63. The van der Waals surface area contributed by atoms with Gasteiger partial charge in [-0.05, 0) is 84.9 Å². The summed E-state index contributed by atoms with van der Waals surface area (Å²) in [5.41, 5.74) is 8.94. The van der Waals surface area contributed by atoms with Crippen molar-refractivity contribution in [3.8, 4) is 17.1 Å². The van der Waals surface area contributed by atoms with Crippen LogP contribution in [0.3, 0.4) is 0 Å². The lowest BCUT2D eigenvalue weighted by molar-refractivity contribution is 0.619. The van der Waals surface area contributed by atoms with Gasteiger partial charge in [-0.25, -0.2) is 4.98 Å². The van der Waals surface area contributed by atoms with E-state index in [0.29, 0.717) is 17.1 Å². The van der Waals surface area contributed by atoms with Crippen molar-refractivity contribution in [2.75, 3.05) is 4.90 Å². The van der Waals surface area contributed by atoms with E-state index in [-0.39, 0.29) is 0 Å². The Bertz CT molecular complexity index is 2070. The van der Waals surface area contributed by atoms with Crippen molar-refractivity contribution in [3.05, 3.63) is 146 Å². The average molecular weight is 529 g/mol. The van der Waals surface area contributed by atoms with Crippen molar-refractivity contribution in [1.82, 2.24) is 14.5 Å². The predicted molar refractivity (Wildman–Crippen MR) is 166 cm³/mol. The molecule has 0 aliphatic rings. The number of para-hydroxylation sites is 3. The molecule has 0 unspecified atom stereocenters. The summed E-state index contributed by atoms with van der Waals surface area (Å²) >= 11 is 0. The van der Waals surface area contributed by atoms with Crippen molar-refractivity contribution in [3.63, 3.8) is 0 Å². The number of oxazole rings is 1. The summed E-state index contributed by atoms with van der Waals surface area (Å²) < 4.78 is 8.27. The van der Waals surface area contributed by atoms with Gasteiger partial charge in [-0.3, -0.25) is 0 Å². The van der Waals surface area contributed by atoms with Gasteiger partial charge in [0.1, 0.15) is 0 Å². The highest BCUT2D eigenvalue weighted by Gasteiger charge is 2.17. The molecule has 0 saturated heterocycles. The zero-order valence-corrected chi connectivity index (χ0v) is 22.1. The van der Waals surface area contributed by atoms with E-state index in [4.69, 9.17) is 4.42 Å². The smallest absolute Gasteiger partial charge is 0.228 e. The Morgan fingerprint density at radius 3 is 1.98 bits per heavy atom. The highest BCUT2D eigenvalue weighted by molar-refractivity contribution is 6.10. The van der Waals surface area contributed by atoms with Crippen LogP contribution in [0.4, 0.5) is 17.1 Å². The number of pyridine rings is 1. The average Bonchev–Trinajstić information content (AvgIpc) is 3.62. The van der Waals surface area contributed by atoms with Crippen LogP contribution in [0.2, 0.25) is 0 Å². The zero-order valence-electron chi connectivity index (χ0n) is 22.1. The molecule has 5 aromatic carbocycles. The summed E-state index contributed by atoms with van der Waals surface area (Å²) in [6.07, 6.45) is 1.73. The van der Waals surface area contributed by atoms with E-state index < -0.39 is 0 Å². The lowest BCUT2D eigenvalue weighted by Gasteiger charge is -2.25. The maximum Gasteiger partial charge on any atom is 0.228 e. The second-order valence-corrected chi connectivity index (χ2v) is 9.95. The molecule has 3 heterocycles. The standard InChI is InChI=1S/C36H24N4O/c1-3-10-26(11-4-1)39(27-12-5-2-6-13-27)29-21-22-33-31(24-29)30-14-7-8-15-32(30)40(33)28-19-17-25(18-20-28)36-38-35-34(41-36)16-9-23-37-35/h1-24H.